The van der Waals surface area contributed by atoms with Crippen molar-refractivity contribution in [3.05, 3.63) is 42.3 Å². The van der Waals surface area contributed by atoms with Crippen molar-refractivity contribution in [2.24, 2.45) is 0 Å². The molecule has 0 bridgehead atoms. The lowest BCUT2D eigenvalue weighted by Gasteiger charge is -2.07. The summed E-state index contributed by atoms with van der Waals surface area (Å²) in [6, 6.07) is 10.1. The Labute approximate surface area is 156 Å². The Morgan fingerprint density at radius 2 is 1.96 bits per heavy atom. The number of aryl methyl sites for hydroxylation is 1. The van der Waals surface area contributed by atoms with Crippen molar-refractivity contribution in [1.29, 1.82) is 0 Å². The zero-order valence-electron chi connectivity index (χ0n) is 14.4. The molecule has 2 heterocycles. The third kappa shape index (κ3) is 4.35. The molecule has 25 heavy (non-hydrogen) atoms. The van der Waals surface area contributed by atoms with Crippen LogP contribution in [-0.2, 0) is 0 Å². The van der Waals surface area contributed by atoms with Crippen molar-refractivity contribution in [2.75, 3.05) is 17.3 Å². The first-order valence-electron chi connectivity index (χ1n) is 8.04. The number of benzene rings is 1. The average Bonchev–Trinajstić information content (AvgIpc) is 3.01. The van der Waals surface area contributed by atoms with Gasteiger partial charge < -0.3 is 9.84 Å². The SMILES string of the molecule is CCCSc1noc(C)c1-c1ccnc(Nc2ccc(SC)cc2)n1. The lowest BCUT2D eigenvalue weighted by atomic mass is 10.2. The molecule has 0 radical (unpaired) electrons. The van der Waals surface area contributed by atoms with Gasteiger partial charge in [0.1, 0.15) is 10.8 Å². The maximum atomic E-state index is 5.38. The van der Waals surface area contributed by atoms with E-state index in [-0.39, 0.29) is 0 Å². The predicted molar refractivity (Wildman–Crippen MR) is 105 cm³/mol. The zero-order chi connectivity index (χ0) is 17.6. The fourth-order valence-corrected chi connectivity index (χ4v) is 3.59. The molecule has 0 aliphatic carbocycles. The minimum Gasteiger partial charge on any atom is -0.360 e. The van der Waals surface area contributed by atoms with Gasteiger partial charge in [-0.05, 0) is 55.7 Å². The van der Waals surface area contributed by atoms with Crippen LogP contribution in [0.3, 0.4) is 0 Å². The molecule has 0 amide bonds. The van der Waals surface area contributed by atoms with E-state index in [4.69, 9.17) is 4.52 Å². The van der Waals surface area contributed by atoms with Gasteiger partial charge in [0.15, 0.2) is 0 Å². The van der Waals surface area contributed by atoms with Crippen LogP contribution in [0, 0.1) is 6.92 Å². The largest absolute Gasteiger partial charge is 0.360 e. The fourth-order valence-electron chi connectivity index (χ4n) is 2.30. The van der Waals surface area contributed by atoms with Crippen LogP contribution in [0.25, 0.3) is 11.3 Å². The van der Waals surface area contributed by atoms with Gasteiger partial charge >= 0.3 is 0 Å². The molecule has 0 aliphatic heterocycles. The van der Waals surface area contributed by atoms with Crippen LogP contribution in [0.2, 0.25) is 0 Å². The van der Waals surface area contributed by atoms with E-state index in [0.717, 1.165) is 39.9 Å². The van der Waals surface area contributed by atoms with Crippen molar-refractivity contribution in [2.45, 2.75) is 30.2 Å². The first-order valence-corrected chi connectivity index (χ1v) is 10.3. The molecule has 3 rings (SSSR count). The second-order valence-electron chi connectivity index (χ2n) is 5.39. The van der Waals surface area contributed by atoms with Crippen molar-refractivity contribution in [3.8, 4) is 11.3 Å². The van der Waals surface area contributed by atoms with Crippen LogP contribution in [0.5, 0.6) is 0 Å². The number of aromatic nitrogens is 3. The monoisotopic (exact) mass is 372 g/mol. The molecular weight excluding hydrogens is 352 g/mol. The van der Waals surface area contributed by atoms with Crippen LogP contribution in [-0.4, -0.2) is 27.1 Å². The van der Waals surface area contributed by atoms with Crippen molar-refractivity contribution in [1.82, 2.24) is 15.1 Å². The molecule has 1 aromatic carbocycles. The Balaban J connectivity index is 1.85. The molecule has 1 N–H and O–H groups in total. The normalized spacial score (nSPS) is 10.8. The zero-order valence-corrected chi connectivity index (χ0v) is 16.1. The maximum absolute atomic E-state index is 5.38. The summed E-state index contributed by atoms with van der Waals surface area (Å²) in [7, 11) is 0. The number of hydrogen-bond donors (Lipinski definition) is 1. The third-order valence-electron chi connectivity index (χ3n) is 3.53. The Bertz CT molecular complexity index is 833. The van der Waals surface area contributed by atoms with Gasteiger partial charge in [0.2, 0.25) is 5.95 Å². The molecule has 0 saturated heterocycles. The van der Waals surface area contributed by atoms with Crippen molar-refractivity contribution >= 4 is 35.2 Å². The molecule has 0 saturated carbocycles. The third-order valence-corrected chi connectivity index (χ3v) is 5.44. The van der Waals surface area contributed by atoms with Crippen LogP contribution in [0.1, 0.15) is 19.1 Å². The summed E-state index contributed by atoms with van der Waals surface area (Å²) in [5, 5.41) is 8.30. The van der Waals surface area contributed by atoms with Crippen molar-refractivity contribution < 1.29 is 4.52 Å². The number of hydrogen-bond acceptors (Lipinski definition) is 7. The Hall–Kier alpha value is -1.99. The molecule has 5 nitrogen and oxygen atoms in total. The van der Waals surface area contributed by atoms with E-state index in [1.165, 1.54) is 4.90 Å². The van der Waals surface area contributed by atoms with E-state index in [0.29, 0.717) is 5.95 Å². The van der Waals surface area contributed by atoms with Gasteiger partial charge in [-0.3, -0.25) is 0 Å². The highest BCUT2D eigenvalue weighted by Crippen LogP contribution is 2.33. The molecule has 7 heteroatoms. The number of anilines is 2. The quantitative estimate of drug-likeness (QED) is 0.556. The summed E-state index contributed by atoms with van der Waals surface area (Å²) in [4.78, 5) is 10.2. The molecule has 0 aliphatic rings. The Morgan fingerprint density at radius 1 is 1.16 bits per heavy atom. The van der Waals surface area contributed by atoms with Crippen LogP contribution < -0.4 is 5.32 Å². The fraction of sp³-hybridized carbons (Fsp3) is 0.278. The molecule has 2 aromatic heterocycles. The first kappa shape index (κ1) is 17.8. The molecule has 3 aromatic rings. The molecule has 0 unspecified atom stereocenters. The molecule has 0 atom stereocenters. The summed E-state index contributed by atoms with van der Waals surface area (Å²) in [5.41, 5.74) is 2.72. The van der Waals surface area contributed by atoms with Gasteiger partial charge in [-0.15, -0.1) is 23.5 Å². The minimum absolute atomic E-state index is 0.557. The van der Waals surface area contributed by atoms with Crippen LogP contribution in [0.4, 0.5) is 11.6 Å². The number of thioether (sulfide) groups is 2. The molecular formula is C18H20N4OS2. The van der Waals surface area contributed by atoms with Gasteiger partial charge in [0, 0.05) is 16.8 Å². The summed E-state index contributed by atoms with van der Waals surface area (Å²) in [6.07, 6.45) is 4.89. The summed E-state index contributed by atoms with van der Waals surface area (Å²) in [6.45, 7) is 4.06. The second kappa shape index (κ2) is 8.40. The lowest BCUT2D eigenvalue weighted by Crippen LogP contribution is -1.98. The average molecular weight is 373 g/mol. The Morgan fingerprint density at radius 3 is 2.68 bits per heavy atom. The minimum atomic E-state index is 0.557. The van der Waals surface area contributed by atoms with Gasteiger partial charge in [-0.25, -0.2) is 9.97 Å². The van der Waals surface area contributed by atoms with Gasteiger partial charge in [-0.1, -0.05) is 12.1 Å². The van der Waals surface area contributed by atoms with Gasteiger partial charge in [-0.2, -0.15) is 0 Å². The smallest absolute Gasteiger partial charge is 0.227 e. The van der Waals surface area contributed by atoms with Crippen LogP contribution >= 0.6 is 23.5 Å². The first-order chi connectivity index (χ1) is 12.2. The topological polar surface area (TPSA) is 63.8 Å². The van der Waals surface area contributed by atoms with Crippen LogP contribution in [0.15, 0.2) is 51.0 Å². The van der Waals surface area contributed by atoms with Crippen molar-refractivity contribution in [3.63, 3.8) is 0 Å². The highest BCUT2D eigenvalue weighted by molar-refractivity contribution is 7.99. The summed E-state index contributed by atoms with van der Waals surface area (Å²) in [5.74, 6) is 2.32. The van der Waals surface area contributed by atoms with E-state index in [1.807, 2.05) is 25.1 Å². The molecule has 0 fully saturated rings. The predicted octanol–water partition coefficient (Wildman–Crippen LogP) is 5.41. The highest BCUT2D eigenvalue weighted by atomic mass is 32.2. The van der Waals surface area contributed by atoms with E-state index < -0.39 is 0 Å². The summed E-state index contributed by atoms with van der Waals surface area (Å²) >= 11 is 3.40. The maximum Gasteiger partial charge on any atom is 0.227 e. The van der Waals surface area contributed by atoms with E-state index in [2.05, 4.69) is 45.8 Å². The lowest BCUT2D eigenvalue weighted by molar-refractivity contribution is 0.384. The summed E-state index contributed by atoms with van der Waals surface area (Å²) < 4.78 is 5.38. The number of nitrogens with one attached hydrogen (secondary N) is 1. The van der Waals surface area contributed by atoms with E-state index >= 15 is 0 Å². The second-order valence-corrected chi connectivity index (χ2v) is 7.35. The number of rotatable bonds is 7. The molecule has 0 spiro atoms. The van der Waals surface area contributed by atoms with E-state index in [1.54, 1.807) is 29.7 Å². The van der Waals surface area contributed by atoms with Gasteiger partial charge in [0.25, 0.3) is 0 Å². The number of nitrogens with zero attached hydrogens (tertiary/aromatic N) is 3. The molecule has 130 valence electrons. The standard InChI is InChI=1S/C18H20N4OS2/c1-4-11-25-17-16(12(2)23-22-17)15-9-10-19-18(21-15)20-13-5-7-14(24-3)8-6-13/h5-10H,4,11H2,1-3H3,(H,19,20,21). The van der Waals surface area contributed by atoms with E-state index in [9.17, 15) is 0 Å². The highest BCUT2D eigenvalue weighted by Gasteiger charge is 2.17. The van der Waals surface area contributed by atoms with Gasteiger partial charge in [0.05, 0.1) is 11.3 Å². The Kier molecular flexibility index (Phi) is 5.99.